The van der Waals surface area contributed by atoms with Gasteiger partial charge in [-0.1, -0.05) is 6.92 Å². The lowest BCUT2D eigenvalue weighted by Crippen LogP contribution is -2.46. The maximum absolute atomic E-state index is 13.8. The van der Waals surface area contributed by atoms with Gasteiger partial charge >= 0.3 is 0 Å². The molecule has 0 aliphatic carbocycles. The molecule has 1 aromatic carbocycles. The van der Waals surface area contributed by atoms with Gasteiger partial charge in [0.25, 0.3) is 0 Å². The monoisotopic (exact) mass is 438 g/mol. The Labute approximate surface area is 176 Å². The summed E-state index contributed by atoms with van der Waals surface area (Å²) in [5.74, 6) is 0.868. The molecule has 4 rings (SSSR count). The van der Waals surface area contributed by atoms with Gasteiger partial charge in [0.1, 0.15) is 16.5 Å². The molecule has 1 atom stereocenters. The molecule has 2 fully saturated rings. The number of piperidine rings is 1. The summed E-state index contributed by atoms with van der Waals surface area (Å²) < 4.78 is 52.6. The predicted molar refractivity (Wildman–Crippen MR) is 107 cm³/mol. The van der Waals surface area contributed by atoms with Crippen molar-refractivity contribution in [3.8, 4) is 5.75 Å². The van der Waals surface area contributed by atoms with Crippen molar-refractivity contribution in [2.45, 2.75) is 37.0 Å². The first kappa shape index (κ1) is 21.2. The van der Waals surface area contributed by atoms with Gasteiger partial charge < -0.3 is 14.1 Å². The van der Waals surface area contributed by atoms with Gasteiger partial charge in [-0.15, -0.1) is 10.2 Å². The van der Waals surface area contributed by atoms with Gasteiger partial charge in [-0.05, 0) is 43.5 Å². The average Bonchev–Trinajstić information content (AvgIpc) is 3.32. The fourth-order valence-electron chi connectivity index (χ4n) is 4.78. The molecule has 1 aromatic heterocycles. The number of rotatable bonds is 5. The number of methoxy groups -OCH3 is 1. The molecule has 0 radical (unpaired) electrons. The third-order valence-electron chi connectivity index (χ3n) is 6.36. The Kier molecular flexibility index (Phi) is 5.58. The second-order valence-corrected chi connectivity index (χ2v) is 10.1. The van der Waals surface area contributed by atoms with Crippen LogP contribution in [-0.2, 0) is 16.4 Å². The molecule has 3 heterocycles. The molecular formula is C20H27FN4O4S. The van der Waals surface area contributed by atoms with Gasteiger partial charge in [0.05, 0.1) is 13.0 Å². The van der Waals surface area contributed by atoms with Crippen LogP contribution in [0.25, 0.3) is 0 Å². The second-order valence-electron chi connectivity index (χ2n) is 8.20. The molecule has 2 saturated heterocycles. The fraction of sp³-hybridized carbons (Fsp3) is 0.600. The fourth-order valence-corrected chi connectivity index (χ4v) is 6.39. The molecule has 0 amide bonds. The highest BCUT2D eigenvalue weighted by atomic mass is 32.2. The Hall–Kier alpha value is -2.04. The molecule has 0 N–H and O–H groups in total. The number of sulfonamides is 1. The van der Waals surface area contributed by atoms with Crippen molar-refractivity contribution in [1.82, 2.24) is 19.4 Å². The Bertz CT molecular complexity index is 1020. The third kappa shape index (κ3) is 3.61. The summed E-state index contributed by atoms with van der Waals surface area (Å²) >= 11 is 0. The van der Waals surface area contributed by atoms with E-state index in [0.717, 1.165) is 19.2 Å². The van der Waals surface area contributed by atoms with Crippen molar-refractivity contribution in [3.63, 3.8) is 0 Å². The van der Waals surface area contributed by atoms with Crippen LogP contribution in [0.2, 0.25) is 0 Å². The largest absolute Gasteiger partial charge is 0.495 e. The molecule has 0 bridgehead atoms. The van der Waals surface area contributed by atoms with Crippen LogP contribution in [0.3, 0.4) is 0 Å². The number of aromatic nitrogens is 2. The standard InChI is InChI=1S/C20H27FN4O4S/c1-4-18-22-23-19(29-18)15-12-24(2)13-20(15)7-9-25(10-8-20)30(26,27)17-11-14(21)5-6-16(17)28-3/h5-6,11,15H,4,7-10,12-13H2,1-3H3. The van der Waals surface area contributed by atoms with E-state index in [2.05, 4.69) is 22.1 Å². The van der Waals surface area contributed by atoms with Gasteiger partial charge in [0, 0.05) is 32.6 Å². The predicted octanol–water partition coefficient (Wildman–Crippen LogP) is 2.28. The number of likely N-dealkylation sites (N-methyl/N-ethyl adjacent to an activating group) is 1. The molecule has 1 unspecified atom stereocenters. The molecular weight excluding hydrogens is 411 g/mol. The van der Waals surface area contributed by atoms with Gasteiger partial charge in [-0.2, -0.15) is 4.31 Å². The molecule has 164 valence electrons. The summed E-state index contributed by atoms with van der Waals surface area (Å²) in [5.41, 5.74) is -0.121. The van der Waals surface area contributed by atoms with E-state index in [1.165, 1.54) is 23.5 Å². The van der Waals surface area contributed by atoms with Crippen LogP contribution in [0.1, 0.15) is 37.5 Å². The minimum atomic E-state index is -3.87. The summed E-state index contributed by atoms with van der Waals surface area (Å²) in [6, 6.07) is 3.56. The van der Waals surface area contributed by atoms with Crippen LogP contribution in [0.4, 0.5) is 4.39 Å². The highest BCUT2D eigenvalue weighted by Gasteiger charge is 2.51. The molecule has 10 heteroatoms. The maximum Gasteiger partial charge on any atom is 0.246 e. The molecule has 0 saturated carbocycles. The summed E-state index contributed by atoms with van der Waals surface area (Å²) in [6.45, 7) is 4.31. The summed E-state index contributed by atoms with van der Waals surface area (Å²) in [4.78, 5) is 2.10. The molecule has 1 spiro atoms. The summed E-state index contributed by atoms with van der Waals surface area (Å²) in [7, 11) is -0.430. The topological polar surface area (TPSA) is 88.8 Å². The van der Waals surface area contributed by atoms with Crippen molar-refractivity contribution in [2.24, 2.45) is 5.41 Å². The number of benzene rings is 1. The number of hydrogen-bond donors (Lipinski definition) is 0. The van der Waals surface area contributed by atoms with E-state index in [1.807, 2.05) is 6.92 Å². The van der Waals surface area contributed by atoms with Crippen molar-refractivity contribution in [1.29, 1.82) is 0 Å². The Morgan fingerprint density at radius 1 is 1.30 bits per heavy atom. The lowest BCUT2D eigenvalue weighted by Gasteiger charge is -2.41. The maximum atomic E-state index is 13.8. The quantitative estimate of drug-likeness (QED) is 0.708. The van der Waals surface area contributed by atoms with Gasteiger partial charge in [0.15, 0.2) is 0 Å². The molecule has 2 aliphatic rings. The van der Waals surface area contributed by atoms with Crippen LogP contribution in [-0.4, -0.2) is 68.2 Å². The Morgan fingerprint density at radius 2 is 2.03 bits per heavy atom. The number of likely N-dealkylation sites (tertiary alicyclic amines) is 1. The van der Waals surface area contributed by atoms with Crippen molar-refractivity contribution >= 4 is 10.0 Å². The van der Waals surface area contributed by atoms with E-state index < -0.39 is 15.8 Å². The minimum absolute atomic E-state index is 0.0730. The zero-order valence-corrected chi connectivity index (χ0v) is 18.3. The first-order chi connectivity index (χ1) is 14.3. The molecule has 8 nitrogen and oxygen atoms in total. The minimum Gasteiger partial charge on any atom is -0.495 e. The highest BCUT2D eigenvalue weighted by molar-refractivity contribution is 7.89. The first-order valence-corrected chi connectivity index (χ1v) is 11.6. The average molecular weight is 439 g/mol. The normalized spacial score (nSPS) is 22.6. The van der Waals surface area contributed by atoms with Crippen LogP contribution in [0.15, 0.2) is 27.5 Å². The van der Waals surface area contributed by atoms with Crippen LogP contribution < -0.4 is 4.74 Å². The van der Waals surface area contributed by atoms with Crippen molar-refractivity contribution in [3.05, 3.63) is 35.8 Å². The van der Waals surface area contributed by atoms with Gasteiger partial charge in [-0.3, -0.25) is 0 Å². The second kappa shape index (κ2) is 7.90. The van der Waals surface area contributed by atoms with Gasteiger partial charge in [-0.25, -0.2) is 12.8 Å². The number of aryl methyl sites for hydroxylation is 1. The van der Waals surface area contributed by atoms with E-state index in [0.29, 0.717) is 44.1 Å². The first-order valence-electron chi connectivity index (χ1n) is 10.1. The van der Waals surface area contributed by atoms with Crippen LogP contribution in [0, 0.1) is 11.2 Å². The zero-order valence-electron chi connectivity index (χ0n) is 17.5. The van der Waals surface area contributed by atoms with E-state index in [9.17, 15) is 12.8 Å². The number of halogens is 1. The van der Waals surface area contributed by atoms with Crippen LogP contribution in [0.5, 0.6) is 5.75 Å². The third-order valence-corrected chi connectivity index (χ3v) is 8.28. The number of nitrogens with zero attached hydrogens (tertiary/aromatic N) is 4. The lowest BCUT2D eigenvalue weighted by molar-refractivity contribution is 0.134. The van der Waals surface area contributed by atoms with Gasteiger partial charge in [0.2, 0.25) is 21.8 Å². The molecule has 30 heavy (non-hydrogen) atoms. The SMILES string of the molecule is CCc1nnc(C2CN(C)CC23CCN(S(=O)(=O)c2cc(F)ccc2OC)CC3)o1. The van der Waals surface area contributed by atoms with E-state index in [4.69, 9.17) is 9.15 Å². The zero-order chi connectivity index (χ0) is 21.5. The lowest BCUT2D eigenvalue weighted by atomic mass is 9.71. The van der Waals surface area contributed by atoms with E-state index >= 15 is 0 Å². The Morgan fingerprint density at radius 3 is 2.67 bits per heavy atom. The number of ether oxygens (including phenoxy) is 1. The molecule has 2 aliphatic heterocycles. The highest BCUT2D eigenvalue weighted by Crippen LogP contribution is 2.49. The molecule has 2 aromatic rings. The van der Waals surface area contributed by atoms with Crippen molar-refractivity contribution in [2.75, 3.05) is 40.3 Å². The smallest absolute Gasteiger partial charge is 0.246 e. The Balaban J connectivity index is 1.57. The van der Waals surface area contributed by atoms with E-state index in [-0.39, 0.29) is 22.0 Å². The van der Waals surface area contributed by atoms with Crippen LogP contribution >= 0.6 is 0 Å². The summed E-state index contributed by atoms with van der Waals surface area (Å²) in [6.07, 6.45) is 2.02. The van der Waals surface area contributed by atoms with Crippen molar-refractivity contribution < 1.29 is 22.0 Å². The summed E-state index contributed by atoms with van der Waals surface area (Å²) in [5, 5.41) is 8.38. The number of hydrogen-bond acceptors (Lipinski definition) is 7. The van der Waals surface area contributed by atoms with E-state index in [1.54, 1.807) is 0 Å².